The molecule has 130 valence electrons. The SMILES string of the molecule is Cc1cc(C)n(CC2CCCCN2C(=O)c2c[nH]c3ncccc23)n1. The van der Waals surface area contributed by atoms with Gasteiger partial charge in [-0.3, -0.25) is 9.48 Å². The summed E-state index contributed by atoms with van der Waals surface area (Å²) in [5.41, 5.74) is 3.64. The molecule has 25 heavy (non-hydrogen) atoms. The molecule has 4 heterocycles. The monoisotopic (exact) mass is 337 g/mol. The first-order valence-electron chi connectivity index (χ1n) is 8.87. The lowest BCUT2D eigenvalue weighted by molar-refractivity contribution is 0.0585. The van der Waals surface area contributed by atoms with E-state index >= 15 is 0 Å². The third kappa shape index (κ3) is 2.92. The second-order valence-corrected chi connectivity index (χ2v) is 6.86. The van der Waals surface area contributed by atoms with Crippen LogP contribution >= 0.6 is 0 Å². The van der Waals surface area contributed by atoms with Gasteiger partial charge in [0.05, 0.1) is 23.8 Å². The van der Waals surface area contributed by atoms with Crippen LogP contribution in [0.3, 0.4) is 0 Å². The first kappa shape index (κ1) is 15.9. The number of hydrogen-bond donors (Lipinski definition) is 1. The molecule has 0 aromatic carbocycles. The van der Waals surface area contributed by atoms with E-state index in [1.807, 2.05) is 28.6 Å². The van der Waals surface area contributed by atoms with Crippen LogP contribution in [0.25, 0.3) is 11.0 Å². The average molecular weight is 337 g/mol. The predicted molar refractivity (Wildman–Crippen MR) is 96.5 cm³/mol. The van der Waals surface area contributed by atoms with Crippen LogP contribution in [0, 0.1) is 13.8 Å². The normalized spacial score (nSPS) is 18.0. The Labute approximate surface area is 146 Å². The van der Waals surface area contributed by atoms with Crippen molar-refractivity contribution in [1.29, 1.82) is 0 Å². The number of fused-ring (bicyclic) bond motifs is 1. The maximum absolute atomic E-state index is 13.2. The molecular formula is C19H23N5O. The number of nitrogens with one attached hydrogen (secondary N) is 1. The number of nitrogens with zero attached hydrogens (tertiary/aromatic N) is 4. The predicted octanol–water partition coefficient (Wildman–Crippen LogP) is 3.07. The number of hydrogen-bond acceptors (Lipinski definition) is 3. The summed E-state index contributed by atoms with van der Waals surface area (Å²) in [5.74, 6) is 0.0884. The number of H-pyrrole nitrogens is 1. The lowest BCUT2D eigenvalue weighted by Crippen LogP contribution is -2.46. The van der Waals surface area contributed by atoms with Crippen LogP contribution in [0.2, 0.25) is 0 Å². The van der Waals surface area contributed by atoms with Gasteiger partial charge in [0.2, 0.25) is 0 Å². The van der Waals surface area contributed by atoms with E-state index in [2.05, 4.69) is 28.1 Å². The molecule has 3 aromatic rings. The highest BCUT2D eigenvalue weighted by Gasteiger charge is 2.29. The van der Waals surface area contributed by atoms with Gasteiger partial charge < -0.3 is 9.88 Å². The fourth-order valence-electron chi connectivity index (χ4n) is 3.80. The van der Waals surface area contributed by atoms with Gasteiger partial charge in [-0.1, -0.05) is 0 Å². The van der Waals surface area contributed by atoms with Crippen LogP contribution in [0.1, 0.15) is 41.0 Å². The molecule has 3 aromatic heterocycles. The van der Waals surface area contributed by atoms with Gasteiger partial charge in [0.1, 0.15) is 5.65 Å². The van der Waals surface area contributed by atoms with Gasteiger partial charge in [-0.25, -0.2) is 4.98 Å². The highest BCUT2D eigenvalue weighted by Crippen LogP contribution is 2.24. The maximum Gasteiger partial charge on any atom is 0.256 e. The van der Waals surface area contributed by atoms with Crippen molar-refractivity contribution in [3.05, 3.63) is 47.5 Å². The van der Waals surface area contributed by atoms with Crippen LogP contribution < -0.4 is 0 Å². The molecule has 1 saturated heterocycles. The van der Waals surface area contributed by atoms with E-state index in [0.29, 0.717) is 5.56 Å². The minimum absolute atomic E-state index is 0.0884. The number of carbonyl (C=O) groups excluding carboxylic acids is 1. The number of amides is 1. The second-order valence-electron chi connectivity index (χ2n) is 6.86. The number of aromatic nitrogens is 4. The molecule has 1 aliphatic rings. The second kappa shape index (κ2) is 6.35. The Balaban J connectivity index is 1.62. The fraction of sp³-hybridized carbons (Fsp3) is 0.421. The lowest BCUT2D eigenvalue weighted by atomic mass is 10.0. The molecule has 1 amide bonds. The number of aryl methyl sites for hydroxylation is 2. The molecule has 4 rings (SSSR count). The summed E-state index contributed by atoms with van der Waals surface area (Å²) in [7, 11) is 0. The van der Waals surface area contributed by atoms with E-state index < -0.39 is 0 Å². The van der Waals surface area contributed by atoms with Crippen LogP contribution in [0.4, 0.5) is 0 Å². The molecule has 1 unspecified atom stereocenters. The number of likely N-dealkylation sites (tertiary alicyclic amines) is 1. The Morgan fingerprint density at radius 3 is 3.04 bits per heavy atom. The van der Waals surface area contributed by atoms with Crippen molar-refractivity contribution < 1.29 is 4.79 Å². The Kier molecular flexibility index (Phi) is 4.03. The van der Waals surface area contributed by atoms with Crippen LogP contribution in [-0.2, 0) is 6.54 Å². The summed E-state index contributed by atoms with van der Waals surface area (Å²) >= 11 is 0. The number of piperidine rings is 1. The van der Waals surface area contributed by atoms with Crippen LogP contribution in [0.15, 0.2) is 30.6 Å². The van der Waals surface area contributed by atoms with E-state index in [1.54, 1.807) is 12.4 Å². The number of pyridine rings is 1. The molecule has 0 bridgehead atoms. The summed E-state index contributed by atoms with van der Waals surface area (Å²) in [5, 5.41) is 5.46. The molecule has 0 saturated carbocycles. The first-order valence-corrected chi connectivity index (χ1v) is 8.87. The zero-order valence-electron chi connectivity index (χ0n) is 14.7. The van der Waals surface area contributed by atoms with Crippen molar-refractivity contribution in [1.82, 2.24) is 24.6 Å². The summed E-state index contributed by atoms with van der Waals surface area (Å²) in [6.45, 7) is 5.63. The third-order valence-corrected chi connectivity index (χ3v) is 5.06. The van der Waals surface area contributed by atoms with Gasteiger partial charge in [-0.05, 0) is 51.3 Å². The van der Waals surface area contributed by atoms with Gasteiger partial charge in [0.15, 0.2) is 0 Å². The average Bonchev–Trinajstić information content (AvgIpc) is 3.18. The third-order valence-electron chi connectivity index (χ3n) is 5.06. The summed E-state index contributed by atoms with van der Waals surface area (Å²) in [4.78, 5) is 22.6. The Morgan fingerprint density at radius 1 is 1.36 bits per heavy atom. The minimum Gasteiger partial charge on any atom is -0.345 e. The lowest BCUT2D eigenvalue weighted by Gasteiger charge is -2.36. The van der Waals surface area contributed by atoms with E-state index in [-0.39, 0.29) is 11.9 Å². The minimum atomic E-state index is 0.0884. The van der Waals surface area contributed by atoms with E-state index in [9.17, 15) is 4.79 Å². The molecule has 1 fully saturated rings. The standard InChI is InChI=1S/C19H23N5O/c1-13-10-14(2)24(22-13)12-15-6-3-4-9-23(15)19(25)17-11-21-18-16(17)7-5-8-20-18/h5,7-8,10-11,15H,3-4,6,9,12H2,1-2H3,(H,20,21). The smallest absolute Gasteiger partial charge is 0.256 e. The van der Waals surface area contributed by atoms with Crippen molar-refractivity contribution >= 4 is 16.9 Å². The van der Waals surface area contributed by atoms with Crippen molar-refractivity contribution in [2.24, 2.45) is 0 Å². The Hall–Kier alpha value is -2.63. The van der Waals surface area contributed by atoms with E-state index in [4.69, 9.17) is 0 Å². The quantitative estimate of drug-likeness (QED) is 0.799. The molecule has 6 nitrogen and oxygen atoms in total. The molecule has 1 N–H and O–H groups in total. The molecule has 1 atom stereocenters. The molecule has 0 spiro atoms. The van der Waals surface area contributed by atoms with Gasteiger partial charge in [-0.2, -0.15) is 5.10 Å². The number of carbonyl (C=O) groups is 1. The van der Waals surface area contributed by atoms with Crippen LogP contribution in [0.5, 0.6) is 0 Å². The number of rotatable bonds is 3. The molecular weight excluding hydrogens is 314 g/mol. The van der Waals surface area contributed by atoms with Gasteiger partial charge >= 0.3 is 0 Å². The molecule has 0 aliphatic carbocycles. The van der Waals surface area contributed by atoms with E-state index in [1.165, 1.54) is 0 Å². The number of aromatic amines is 1. The van der Waals surface area contributed by atoms with E-state index in [0.717, 1.165) is 54.8 Å². The summed E-state index contributed by atoms with van der Waals surface area (Å²) in [6, 6.07) is 6.09. The van der Waals surface area contributed by atoms with Gasteiger partial charge in [0, 0.05) is 30.0 Å². The van der Waals surface area contributed by atoms with Crippen LogP contribution in [-0.4, -0.2) is 43.1 Å². The first-order chi connectivity index (χ1) is 12.1. The highest BCUT2D eigenvalue weighted by molar-refractivity contribution is 6.06. The molecule has 6 heteroatoms. The fourth-order valence-corrected chi connectivity index (χ4v) is 3.80. The van der Waals surface area contributed by atoms with Crippen molar-refractivity contribution in [3.63, 3.8) is 0 Å². The zero-order chi connectivity index (χ0) is 17.4. The summed E-state index contributed by atoms with van der Waals surface area (Å²) in [6.07, 6.45) is 6.75. The van der Waals surface area contributed by atoms with Gasteiger partial charge in [-0.15, -0.1) is 0 Å². The molecule has 1 aliphatic heterocycles. The topological polar surface area (TPSA) is 66.8 Å². The molecule has 0 radical (unpaired) electrons. The van der Waals surface area contributed by atoms with Crippen molar-refractivity contribution in [2.75, 3.05) is 6.54 Å². The van der Waals surface area contributed by atoms with Crippen molar-refractivity contribution in [3.8, 4) is 0 Å². The highest BCUT2D eigenvalue weighted by atomic mass is 16.2. The summed E-state index contributed by atoms with van der Waals surface area (Å²) < 4.78 is 2.03. The van der Waals surface area contributed by atoms with Crippen molar-refractivity contribution in [2.45, 2.75) is 45.7 Å². The maximum atomic E-state index is 13.2. The zero-order valence-corrected chi connectivity index (χ0v) is 14.7. The Bertz CT molecular complexity index is 910. The van der Waals surface area contributed by atoms with Gasteiger partial charge in [0.25, 0.3) is 5.91 Å². The largest absolute Gasteiger partial charge is 0.345 e. The Morgan fingerprint density at radius 2 is 2.24 bits per heavy atom.